The Morgan fingerprint density at radius 2 is 1.59 bits per heavy atom. The van der Waals surface area contributed by atoms with Gasteiger partial charge in [-0.3, -0.25) is 14.6 Å². The van der Waals surface area contributed by atoms with Crippen LogP contribution in [0.1, 0.15) is 5.56 Å². The van der Waals surface area contributed by atoms with Gasteiger partial charge in [-0.25, -0.2) is 4.39 Å². The first-order valence-corrected chi connectivity index (χ1v) is 9.67. The zero-order chi connectivity index (χ0) is 19.4. The molecule has 2 aromatic rings. The Morgan fingerprint density at radius 1 is 0.963 bits per heavy atom. The van der Waals surface area contributed by atoms with E-state index in [0.29, 0.717) is 28.8 Å². The Hall–Kier alpha value is -1.37. The fourth-order valence-corrected chi connectivity index (χ4v) is 3.76. The molecule has 4 nitrogen and oxygen atoms in total. The number of amides is 1. The van der Waals surface area contributed by atoms with Crippen molar-refractivity contribution in [1.82, 2.24) is 9.80 Å². The number of nitrogens with one attached hydrogen (secondary N) is 1. The van der Waals surface area contributed by atoms with Crippen molar-refractivity contribution in [3.05, 3.63) is 62.8 Å². The number of hydrogen-bond donors (Lipinski definition) is 1. The number of rotatable bonds is 5. The van der Waals surface area contributed by atoms with Crippen LogP contribution >= 0.6 is 34.8 Å². The van der Waals surface area contributed by atoms with Gasteiger partial charge in [-0.05, 0) is 35.9 Å². The molecule has 1 aliphatic rings. The minimum atomic E-state index is -0.405. The lowest BCUT2D eigenvalue weighted by atomic mass is 10.2. The van der Waals surface area contributed by atoms with Crippen molar-refractivity contribution >= 4 is 46.4 Å². The maximum absolute atomic E-state index is 13.2. The third kappa shape index (κ3) is 6.06. The quantitative estimate of drug-likeness (QED) is 0.756. The van der Waals surface area contributed by atoms with Gasteiger partial charge in [-0.1, -0.05) is 40.9 Å². The highest BCUT2D eigenvalue weighted by molar-refractivity contribution is 6.35. The van der Waals surface area contributed by atoms with Crippen LogP contribution in [-0.4, -0.2) is 48.4 Å². The first-order valence-electron chi connectivity index (χ1n) is 8.53. The summed E-state index contributed by atoms with van der Waals surface area (Å²) in [5, 5.41) is 3.92. The van der Waals surface area contributed by atoms with E-state index in [-0.39, 0.29) is 10.9 Å². The number of carbonyl (C=O) groups is 1. The predicted molar refractivity (Wildman–Crippen MR) is 108 cm³/mol. The average Bonchev–Trinajstić information content (AvgIpc) is 2.59. The van der Waals surface area contributed by atoms with Crippen LogP contribution in [0.4, 0.5) is 10.1 Å². The van der Waals surface area contributed by atoms with Crippen molar-refractivity contribution in [1.29, 1.82) is 0 Å². The van der Waals surface area contributed by atoms with Gasteiger partial charge in [0.2, 0.25) is 5.91 Å². The maximum atomic E-state index is 13.2. The molecule has 144 valence electrons. The van der Waals surface area contributed by atoms with E-state index in [1.807, 2.05) is 0 Å². The topological polar surface area (TPSA) is 35.6 Å². The Morgan fingerprint density at radius 3 is 2.22 bits per heavy atom. The van der Waals surface area contributed by atoms with E-state index in [2.05, 4.69) is 15.1 Å². The van der Waals surface area contributed by atoms with Crippen LogP contribution in [0.25, 0.3) is 0 Å². The SMILES string of the molecule is O=C(CN1CCN(Cc2ccc(F)c(Cl)c2)CC1)Nc1cc(Cl)cc(Cl)c1. The second-order valence-electron chi connectivity index (χ2n) is 6.51. The lowest BCUT2D eigenvalue weighted by Gasteiger charge is -2.34. The minimum absolute atomic E-state index is 0.105. The van der Waals surface area contributed by atoms with Crippen LogP contribution in [-0.2, 0) is 11.3 Å². The molecule has 1 heterocycles. The van der Waals surface area contributed by atoms with Crippen molar-refractivity contribution < 1.29 is 9.18 Å². The molecule has 1 N–H and O–H groups in total. The van der Waals surface area contributed by atoms with E-state index in [4.69, 9.17) is 34.8 Å². The summed E-state index contributed by atoms with van der Waals surface area (Å²) in [5.41, 5.74) is 1.56. The van der Waals surface area contributed by atoms with Crippen LogP contribution in [0.3, 0.4) is 0 Å². The molecule has 1 saturated heterocycles. The summed E-state index contributed by atoms with van der Waals surface area (Å²) in [5.74, 6) is -0.510. The van der Waals surface area contributed by atoms with Crippen LogP contribution in [0.15, 0.2) is 36.4 Å². The molecule has 0 bridgehead atoms. The van der Waals surface area contributed by atoms with Crippen LogP contribution in [0.2, 0.25) is 15.1 Å². The fourth-order valence-electron chi connectivity index (χ4n) is 3.03. The molecule has 0 saturated carbocycles. The van der Waals surface area contributed by atoms with E-state index in [9.17, 15) is 9.18 Å². The molecule has 0 aliphatic carbocycles. The monoisotopic (exact) mass is 429 g/mol. The van der Waals surface area contributed by atoms with Gasteiger partial charge in [0.1, 0.15) is 5.82 Å². The summed E-state index contributed by atoms with van der Waals surface area (Å²) in [6, 6.07) is 9.74. The lowest BCUT2D eigenvalue weighted by molar-refractivity contribution is -0.117. The predicted octanol–water partition coefficient (Wildman–Crippen LogP) is 4.54. The second-order valence-corrected chi connectivity index (χ2v) is 7.79. The summed E-state index contributed by atoms with van der Waals surface area (Å²) in [7, 11) is 0. The summed E-state index contributed by atoms with van der Waals surface area (Å²) in [6.07, 6.45) is 0. The molecule has 2 aromatic carbocycles. The summed E-state index contributed by atoms with van der Waals surface area (Å²) < 4.78 is 13.2. The highest BCUT2D eigenvalue weighted by Gasteiger charge is 2.19. The Bertz CT molecular complexity index is 806. The lowest BCUT2D eigenvalue weighted by Crippen LogP contribution is -2.48. The Kier molecular flexibility index (Phi) is 6.95. The molecular weight excluding hydrogens is 412 g/mol. The fraction of sp³-hybridized carbons (Fsp3) is 0.316. The van der Waals surface area contributed by atoms with Crippen LogP contribution < -0.4 is 5.32 Å². The van der Waals surface area contributed by atoms with Crippen molar-refractivity contribution in [2.75, 3.05) is 38.0 Å². The van der Waals surface area contributed by atoms with E-state index in [1.165, 1.54) is 6.07 Å². The average molecular weight is 431 g/mol. The van der Waals surface area contributed by atoms with E-state index in [0.717, 1.165) is 31.7 Å². The van der Waals surface area contributed by atoms with Gasteiger partial charge in [-0.2, -0.15) is 0 Å². The largest absolute Gasteiger partial charge is 0.325 e. The number of anilines is 1. The molecule has 1 fully saturated rings. The van der Waals surface area contributed by atoms with E-state index < -0.39 is 5.82 Å². The standard InChI is InChI=1S/C19H19Cl3FN3O/c20-14-8-15(21)10-16(9-14)24-19(27)12-26-5-3-25(4-6-26)11-13-1-2-18(23)17(22)7-13/h1-2,7-10H,3-6,11-12H2,(H,24,27). The molecule has 3 rings (SSSR count). The number of benzene rings is 2. The highest BCUT2D eigenvalue weighted by atomic mass is 35.5. The first-order chi connectivity index (χ1) is 12.9. The number of piperazine rings is 1. The first kappa shape index (κ1) is 20.4. The summed E-state index contributed by atoms with van der Waals surface area (Å²) >= 11 is 17.7. The smallest absolute Gasteiger partial charge is 0.238 e. The molecule has 8 heteroatoms. The third-order valence-electron chi connectivity index (χ3n) is 4.37. The van der Waals surface area contributed by atoms with Gasteiger partial charge in [0.25, 0.3) is 0 Å². The molecule has 0 atom stereocenters. The van der Waals surface area contributed by atoms with E-state index >= 15 is 0 Å². The van der Waals surface area contributed by atoms with Crippen molar-refractivity contribution in [3.8, 4) is 0 Å². The van der Waals surface area contributed by atoms with Gasteiger partial charge >= 0.3 is 0 Å². The molecule has 1 aliphatic heterocycles. The number of nitrogens with zero attached hydrogens (tertiary/aromatic N) is 2. The van der Waals surface area contributed by atoms with Gasteiger partial charge in [0.15, 0.2) is 0 Å². The number of carbonyl (C=O) groups excluding carboxylic acids is 1. The van der Waals surface area contributed by atoms with Crippen LogP contribution in [0.5, 0.6) is 0 Å². The maximum Gasteiger partial charge on any atom is 0.238 e. The van der Waals surface area contributed by atoms with Crippen molar-refractivity contribution in [2.45, 2.75) is 6.54 Å². The molecule has 1 amide bonds. The van der Waals surface area contributed by atoms with Crippen molar-refractivity contribution in [3.63, 3.8) is 0 Å². The molecule has 0 radical (unpaired) electrons. The summed E-state index contributed by atoms with van der Waals surface area (Å²) in [6.45, 7) is 4.22. The molecule has 27 heavy (non-hydrogen) atoms. The van der Waals surface area contributed by atoms with Gasteiger partial charge in [0, 0.05) is 48.5 Å². The minimum Gasteiger partial charge on any atom is -0.325 e. The van der Waals surface area contributed by atoms with Gasteiger partial charge in [0.05, 0.1) is 11.6 Å². The summed E-state index contributed by atoms with van der Waals surface area (Å²) in [4.78, 5) is 16.6. The second kappa shape index (κ2) is 9.22. The van der Waals surface area contributed by atoms with Gasteiger partial charge < -0.3 is 5.32 Å². The molecule has 0 unspecified atom stereocenters. The zero-order valence-corrected chi connectivity index (χ0v) is 16.8. The number of halogens is 4. The Balaban J connectivity index is 1.46. The van der Waals surface area contributed by atoms with E-state index in [1.54, 1.807) is 30.3 Å². The van der Waals surface area contributed by atoms with Crippen LogP contribution in [0, 0.1) is 5.82 Å². The zero-order valence-electron chi connectivity index (χ0n) is 14.5. The molecule has 0 spiro atoms. The Labute approximate surface area is 172 Å². The van der Waals surface area contributed by atoms with Gasteiger partial charge in [-0.15, -0.1) is 0 Å². The third-order valence-corrected chi connectivity index (χ3v) is 5.09. The molecule has 0 aromatic heterocycles. The highest BCUT2D eigenvalue weighted by Crippen LogP contribution is 2.22. The normalized spacial score (nSPS) is 15.7. The number of hydrogen-bond acceptors (Lipinski definition) is 3. The molecular formula is C19H19Cl3FN3O. The van der Waals surface area contributed by atoms with Crippen molar-refractivity contribution in [2.24, 2.45) is 0 Å².